The van der Waals surface area contributed by atoms with Crippen LogP contribution in [0.3, 0.4) is 0 Å². The number of carbonyl (C=O) groups is 1. The monoisotopic (exact) mass is 284 g/mol. The molecule has 0 aliphatic carbocycles. The Morgan fingerprint density at radius 3 is 2.90 bits per heavy atom. The zero-order chi connectivity index (χ0) is 14.8. The SMILES string of the molecule is CC(=O)CC1OB(O)c2cc(Oc3ncccn3)ccc21. The summed E-state index contributed by atoms with van der Waals surface area (Å²) in [6.07, 6.45) is 2.99. The number of hydrogen-bond donors (Lipinski definition) is 1. The van der Waals surface area contributed by atoms with Gasteiger partial charge in [-0.25, -0.2) is 9.97 Å². The molecule has 106 valence electrons. The zero-order valence-corrected chi connectivity index (χ0v) is 11.4. The van der Waals surface area contributed by atoms with Gasteiger partial charge >= 0.3 is 13.1 Å². The Hall–Kier alpha value is -2.25. The molecule has 0 fully saturated rings. The molecule has 21 heavy (non-hydrogen) atoms. The lowest BCUT2D eigenvalue weighted by Gasteiger charge is -2.10. The first-order valence-electron chi connectivity index (χ1n) is 6.55. The number of carbonyl (C=O) groups excluding carboxylic acids is 1. The number of benzene rings is 1. The molecule has 1 N–H and O–H groups in total. The van der Waals surface area contributed by atoms with Crippen molar-refractivity contribution in [3.63, 3.8) is 0 Å². The van der Waals surface area contributed by atoms with Crippen LogP contribution in [0.5, 0.6) is 11.8 Å². The number of aromatic nitrogens is 2. The highest BCUT2D eigenvalue weighted by atomic mass is 16.5. The molecule has 0 amide bonds. The maximum absolute atomic E-state index is 11.2. The van der Waals surface area contributed by atoms with Gasteiger partial charge in [0.2, 0.25) is 0 Å². The summed E-state index contributed by atoms with van der Waals surface area (Å²) in [6, 6.07) is 7.13. The summed E-state index contributed by atoms with van der Waals surface area (Å²) in [5.41, 5.74) is 1.41. The van der Waals surface area contributed by atoms with Crippen LogP contribution in [0, 0.1) is 0 Å². The van der Waals surface area contributed by atoms with Gasteiger partial charge in [-0.3, -0.25) is 4.79 Å². The summed E-state index contributed by atoms with van der Waals surface area (Å²) in [5, 5.41) is 9.93. The summed E-state index contributed by atoms with van der Waals surface area (Å²) < 4.78 is 10.9. The number of ketones is 1. The first-order valence-corrected chi connectivity index (χ1v) is 6.55. The third kappa shape index (κ3) is 2.93. The predicted molar refractivity (Wildman–Crippen MR) is 75.3 cm³/mol. The van der Waals surface area contributed by atoms with Crippen molar-refractivity contribution in [3.8, 4) is 11.8 Å². The average molecular weight is 284 g/mol. The highest BCUT2D eigenvalue weighted by Crippen LogP contribution is 2.29. The molecule has 2 aromatic rings. The van der Waals surface area contributed by atoms with Gasteiger partial charge < -0.3 is 14.4 Å². The van der Waals surface area contributed by atoms with Gasteiger partial charge in [0, 0.05) is 18.8 Å². The van der Waals surface area contributed by atoms with E-state index in [1.165, 1.54) is 6.92 Å². The lowest BCUT2D eigenvalue weighted by atomic mass is 9.79. The first kappa shape index (κ1) is 13.7. The van der Waals surface area contributed by atoms with Crippen LogP contribution in [0.1, 0.15) is 25.0 Å². The normalized spacial score (nSPS) is 16.7. The van der Waals surface area contributed by atoms with Gasteiger partial charge in [-0.2, -0.15) is 0 Å². The lowest BCUT2D eigenvalue weighted by molar-refractivity contribution is -0.118. The van der Waals surface area contributed by atoms with Crippen LogP contribution >= 0.6 is 0 Å². The number of fused-ring (bicyclic) bond motifs is 1. The smallest absolute Gasteiger partial charge is 0.424 e. The van der Waals surface area contributed by atoms with Crippen molar-refractivity contribution in [1.82, 2.24) is 9.97 Å². The van der Waals surface area contributed by atoms with E-state index >= 15 is 0 Å². The quantitative estimate of drug-likeness (QED) is 0.844. The number of ether oxygens (including phenoxy) is 1. The molecule has 1 aromatic carbocycles. The summed E-state index contributed by atoms with van der Waals surface area (Å²) in [5.74, 6) is 0.518. The van der Waals surface area contributed by atoms with Gasteiger partial charge in [-0.05, 0) is 36.1 Å². The van der Waals surface area contributed by atoms with E-state index in [9.17, 15) is 9.82 Å². The molecule has 2 heterocycles. The number of nitrogens with zero attached hydrogens (tertiary/aromatic N) is 2. The van der Waals surface area contributed by atoms with Gasteiger partial charge in [0.1, 0.15) is 11.5 Å². The molecule has 6 nitrogen and oxygen atoms in total. The summed E-state index contributed by atoms with van der Waals surface area (Å²) in [6.45, 7) is 1.50. The van der Waals surface area contributed by atoms with Crippen molar-refractivity contribution < 1.29 is 19.2 Å². The Labute approximate surface area is 121 Å². The number of rotatable bonds is 4. The molecule has 1 unspecified atom stereocenters. The molecule has 0 spiro atoms. The molecule has 0 saturated heterocycles. The third-order valence-electron chi connectivity index (χ3n) is 3.19. The molecule has 0 saturated carbocycles. The van der Waals surface area contributed by atoms with Crippen LogP contribution in [0.25, 0.3) is 0 Å². The highest BCUT2D eigenvalue weighted by Gasteiger charge is 2.35. The van der Waals surface area contributed by atoms with E-state index in [2.05, 4.69) is 9.97 Å². The number of hydrogen-bond acceptors (Lipinski definition) is 6. The number of Topliss-reactive ketones (excluding diaryl/α,β-unsaturated/α-hetero) is 1. The van der Waals surface area contributed by atoms with Crippen LogP contribution in [0.15, 0.2) is 36.7 Å². The van der Waals surface area contributed by atoms with Gasteiger partial charge in [-0.1, -0.05) is 6.07 Å². The second kappa shape index (κ2) is 5.63. The molecule has 0 radical (unpaired) electrons. The van der Waals surface area contributed by atoms with Gasteiger partial charge in [-0.15, -0.1) is 0 Å². The van der Waals surface area contributed by atoms with E-state index in [0.29, 0.717) is 11.2 Å². The average Bonchev–Trinajstić information content (AvgIpc) is 2.75. The summed E-state index contributed by atoms with van der Waals surface area (Å²) in [4.78, 5) is 19.2. The van der Waals surface area contributed by atoms with Crippen molar-refractivity contribution in [2.75, 3.05) is 0 Å². The van der Waals surface area contributed by atoms with Crippen molar-refractivity contribution in [3.05, 3.63) is 42.2 Å². The Balaban J connectivity index is 1.85. The molecular weight excluding hydrogens is 271 g/mol. The Kier molecular flexibility index (Phi) is 3.68. The van der Waals surface area contributed by atoms with Crippen molar-refractivity contribution >= 4 is 18.4 Å². The van der Waals surface area contributed by atoms with E-state index in [-0.39, 0.29) is 18.2 Å². The largest absolute Gasteiger partial charge is 0.492 e. The second-order valence-electron chi connectivity index (χ2n) is 4.81. The van der Waals surface area contributed by atoms with Crippen molar-refractivity contribution in [1.29, 1.82) is 0 Å². The highest BCUT2D eigenvalue weighted by molar-refractivity contribution is 6.61. The molecule has 3 rings (SSSR count). The predicted octanol–water partition coefficient (Wildman–Crippen LogP) is 1.01. The van der Waals surface area contributed by atoms with Crippen LogP contribution in [-0.4, -0.2) is 27.9 Å². The molecule has 1 atom stereocenters. The minimum Gasteiger partial charge on any atom is -0.424 e. The van der Waals surface area contributed by atoms with Gasteiger partial charge in [0.25, 0.3) is 0 Å². The van der Waals surface area contributed by atoms with Gasteiger partial charge in [0.05, 0.1) is 6.10 Å². The van der Waals surface area contributed by atoms with Crippen LogP contribution < -0.4 is 10.2 Å². The Bertz CT molecular complexity index is 665. The fourth-order valence-corrected chi connectivity index (χ4v) is 2.29. The van der Waals surface area contributed by atoms with E-state index in [1.54, 1.807) is 36.7 Å². The van der Waals surface area contributed by atoms with E-state index in [0.717, 1.165) is 5.56 Å². The Morgan fingerprint density at radius 1 is 1.43 bits per heavy atom. The van der Waals surface area contributed by atoms with Crippen LogP contribution in [0.4, 0.5) is 0 Å². The topological polar surface area (TPSA) is 81.5 Å². The molecule has 7 heteroatoms. The molecule has 1 aromatic heterocycles. The standard InChI is InChI=1S/C14H13BN2O4/c1-9(18)7-13-11-4-3-10(8-12(11)15(19)21-13)20-14-16-5-2-6-17-14/h2-6,8,13,19H,7H2,1H3. The minimum absolute atomic E-state index is 0.0121. The molecule has 1 aliphatic heterocycles. The third-order valence-corrected chi connectivity index (χ3v) is 3.19. The fraction of sp³-hybridized carbons (Fsp3) is 0.214. The van der Waals surface area contributed by atoms with Crippen molar-refractivity contribution in [2.24, 2.45) is 0 Å². The summed E-state index contributed by atoms with van der Waals surface area (Å²) in [7, 11) is -1.05. The summed E-state index contributed by atoms with van der Waals surface area (Å²) >= 11 is 0. The molecule has 1 aliphatic rings. The maximum atomic E-state index is 11.2. The van der Waals surface area contributed by atoms with Gasteiger partial charge in [0.15, 0.2) is 0 Å². The fourth-order valence-electron chi connectivity index (χ4n) is 2.29. The van der Waals surface area contributed by atoms with Crippen molar-refractivity contribution in [2.45, 2.75) is 19.4 Å². The maximum Gasteiger partial charge on any atom is 0.492 e. The zero-order valence-electron chi connectivity index (χ0n) is 11.4. The molecule has 0 bridgehead atoms. The van der Waals surface area contributed by atoms with E-state index in [4.69, 9.17) is 9.39 Å². The minimum atomic E-state index is -1.05. The molecular formula is C14H13BN2O4. The Morgan fingerprint density at radius 2 is 2.19 bits per heavy atom. The van der Waals surface area contributed by atoms with Crippen LogP contribution in [-0.2, 0) is 9.45 Å². The van der Waals surface area contributed by atoms with Crippen LogP contribution in [0.2, 0.25) is 0 Å². The second-order valence-corrected chi connectivity index (χ2v) is 4.81. The lowest BCUT2D eigenvalue weighted by Crippen LogP contribution is -2.28. The first-order chi connectivity index (χ1) is 10.1. The van der Waals surface area contributed by atoms with E-state index in [1.807, 2.05) is 0 Å². The van der Waals surface area contributed by atoms with E-state index < -0.39 is 13.2 Å².